The van der Waals surface area contributed by atoms with Crippen LogP contribution >= 0.6 is 0 Å². The van der Waals surface area contributed by atoms with Crippen LogP contribution in [0.4, 0.5) is 0 Å². The number of aromatic nitrogens is 3. The first-order valence-corrected chi connectivity index (χ1v) is 24.6. The second-order valence-electron chi connectivity index (χ2n) is 19.1. The lowest BCUT2D eigenvalue weighted by atomic mass is 9.98. The summed E-state index contributed by atoms with van der Waals surface area (Å²) in [5.74, 6) is 0. The molecule has 0 atom stereocenters. The van der Waals surface area contributed by atoms with Gasteiger partial charge in [-0.15, -0.1) is 0 Å². The predicted molar refractivity (Wildman–Crippen MR) is 301 cm³/mol. The van der Waals surface area contributed by atoms with Crippen LogP contribution in [-0.2, 0) is 0 Å². The normalized spacial score (nSPS) is 11.8. The van der Waals surface area contributed by atoms with Gasteiger partial charge in [0.1, 0.15) is 0 Å². The minimum Gasteiger partial charge on any atom is -0.309 e. The van der Waals surface area contributed by atoms with Gasteiger partial charge in [0.05, 0.1) is 33.1 Å². The maximum absolute atomic E-state index is 2.44. The van der Waals surface area contributed by atoms with Crippen molar-refractivity contribution in [1.82, 2.24) is 13.7 Å². The van der Waals surface area contributed by atoms with Crippen molar-refractivity contribution in [3.8, 4) is 61.6 Å². The van der Waals surface area contributed by atoms with Crippen LogP contribution in [0.2, 0.25) is 0 Å². The Bertz CT molecular complexity index is 4140. The van der Waals surface area contributed by atoms with Gasteiger partial charge in [0.25, 0.3) is 0 Å². The molecule has 3 heterocycles. The lowest BCUT2D eigenvalue weighted by molar-refractivity contribution is 1.18. The molecule has 0 bridgehead atoms. The minimum atomic E-state index is 1.13. The lowest BCUT2D eigenvalue weighted by Gasteiger charge is -2.11. The molecule has 14 aromatic rings. The van der Waals surface area contributed by atoms with E-state index in [9.17, 15) is 0 Å². The molecule has 14 rings (SSSR count). The molecule has 334 valence electrons. The molecule has 3 nitrogen and oxygen atoms in total. The van der Waals surface area contributed by atoms with Crippen molar-refractivity contribution in [2.45, 2.75) is 13.8 Å². The van der Waals surface area contributed by atoms with E-state index in [1.54, 1.807) is 0 Å². The molecule has 0 amide bonds. The van der Waals surface area contributed by atoms with Gasteiger partial charge in [0, 0.05) is 49.4 Å². The SMILES string of the molecule is Cc1cc(C)cc(-c2ccc(-c3ccc(-n4c5ccc(-c6ccc7c(c6)c6ccccc6n7-c6ccccc6)cc5c5cc(-c6ccc7c(c6)c6ccccc6n7-c6ccccc6)ccc54)cc3)cc2)c1. The number of hydrogen-bond acceptors (Lipinski definition) is 0. The molecule has 0 aliphatic carbocycles. The number of hydrogen-bond donors (Lipinski definition) is 0. The van der Waals surface area contributed by atoms with Crippen molar-refractivity contribution in [2.24, 2.45) is 0 Å². The van der Waals surface area contributed by atoms with Crippen LogP contribution in [0.15, 0.2) is 249 Å². The Balaban J connectivity index is 0.916. The standard InChI is InChI=1S/C68H47N3/c1-44-37-45(2)39-53(38-44)48-23-21-46(22-24-48)47-25-31-56(32-26-47)71-67-35-29-51(49-27-33-65-59(40-49)57-17-9-11-19-63(57)69(65)54-13-5-3-6-14-54)42-61(67)62-43-52(30-36-68(62)71)50-28-34-66-60(41-50)58-18-10-12-20-64(58)70(66)55-15-7-4-8-16-55/h3-43H,1-2H3. The van der Waals surface area contributed by atoms with Crippen molar-refractivity contribution in [3.05, 3.63) is 260 Å². The van der Waals surface area contributed by atoms with Crippen LogP contribution in [0, 0.1) is 13.8 Å². The second kappa shape index (κ2) is 16.2. The Morgan fingerprint density at radius 1 is 0.197 bits per heavy atom. The zero-order valence-electron chi connectivity index (χ0n) is 39.5. The Morgan fingerprint density at radius 3 is 0.873 bits per heavy atom. The molecule has 3 aromatic heterocycles. The monoisotopic (exact) mass is 905 g/mol. The van der Waals surface area contributed by atoms with Crippen molar-refractivity contribution in [1.29, 1.82) is 0 Å². The van der Waals surface area contributed by atoms with Gasteiger partial charge in [0.15, 0.2) is 0 Å². The number of rotatable bonds is 7. The van der Waals surface area contributed by atoms with E-state index in [1.807, 2.05) is 0 Å². The fourth-order valence-electron chi connectivity index (χ4n) is 11.5. The van der Waals surface area contributed by atoms with Crippen LogP contribution in [-0.4, -0.2) is 13.7 Å². The lowest BCUT2D eigenvalue weighted by Crippen LogP contribution is -1.94. The zero-order valence-corrected chi connectivity index (χ0v) is 39.5. The highest BCUT2D eigenvalue weighted by Crippen LogP contribution is 2.41. The first-order chi connectivity index (χ1) is 35.0. The van der Waals surface area contributed by atoms with E-state index >= 15 is 0 Å². The molecule has 71 heavy (non-hydrogen) atoms. The molecule has 3 heteroatoms. The highest BCUT2D eigenvalue weighted by molar-refractivity contribution is 6.14. The molecule has 0 fully saturated rings. The van der Waals surface area contributed by atoms with E-state index < -0.39 is 0 Å². The summed E-state index contributed by atoms with van der Waals surface area (Å²) in [5.41, 5.74) is 22.9. The molecule has 0 unspecified atom stereocenters. The Morgan fingerprint density at radius 2 is 0.479 bits per heavy atom. The van der Waals surface area contributed by atoms with E-state index in [4.69, 9.17) is 0 Å². The van der Waals surface area contributed by atoms with Crippen LogP contribution < -0.4 is 0 Å². The smallest absolute Gasteiger partial charge is 0.0541 e. The average molecular weight is 906 g/mol. The van der Waals surface area contributed by atoms with E-state index in [0.717, 1.165) is 17.1 Å². The highest BCUT2D eigenvalue weighted by atomic mass is 15.0. The van der Waals surface area contributed by atoms with Gasteiger partial charge in [-0.1, -0.05) is 163 Å². The predicted octanol–water partition coefficient (Wildman–Crippen LogP) is 18.3. The zero-order chi connectivity index (χ0) is 47.2. The number of benzene rings is 11. The maximum Gasteiger partial charge on any atom is 0.0541 e. The third-order valence-corrected chi connectivity index (χ3v) is 14.7. The van der Waals surface area contributed by atoms with Gasteiger partial charge in [-0.2, -0.15) is 0 Å². The third kappa shape index (κ3) is 6.73. The summed E-state index contributed by atoms with van der Waals surface area (Å²) < 4.78 is 7.21. The first kappa shape index (κ1) is 40.8. The van der Waals surface area contributed by atoms with Crippen molar-refractivity contribution in [3.63, 3.8) is 0 Å². The number of nitrogens with zero attached hydrogens (tertiary/aromatic N) is 3. The molecule has 0 radical (unpaired) electrons. The fraction of sp³-hybridized carbons (Fsp3) is 0.0294. The maximum atomic E-state index is 2.44. The molecule has 0 aliphatic rings. The van der Waals surface area contributed by atoms with Gasteiger partial charge in [-0.05, 0) is 155 Å². The minimum absolute atomic E-state index is 1.13. The van der Waals surface area contributed by atoms with E-state index in [2.05, 4.69) is 276 Å². The Hall–Kier alpha value is -9.18. The van der Waals surface area contributed by atoms with Crippen molar-refractivity contribution in [2.75, 3.05) is 0 Å². The van der Waals surface area contributed by atoms with Crippen LogP contribution in [0.3, 0.4) is 0 Å². The quantitative estimate of drug-likeness (QED) is 0.151. The topological polar surface area (TPSA) is 14.8 Å². The van der Waals surface area contributed by atoms with E-state index in [0.29, 0.717) is 0 Å². The van der Waals surface area contributed by atoms with Gasteiger partial charge in [-0.25, -0.2) is 0 Å². The number of fused-ring (bicyclic) bond motifs is 9. The van der Waals surface area contributed by atoms with Gasteiger partial charge in [-0.3, -0.25) is 0 Å². The summed E-state index contributed by atoms with van der Waals surface area (Å²) in [4.78, 5) is 0. The van der Waals surface area contributed by atoms with Crippen LogP contribution in [0.1, 0.15) is 11.1 Å². The molecular weight excluding hydrogens is 859 g/mol. The molecule has 0 aliphatic heterocycles. The molecular formula is C68H47N3. The molecule has 0 spiro atoms. The molecule has 11 aromatic carbocycles. The average Bonchev–Trinajstić information content (AvgIpc) is 4.06. The summed E-state index contributed by atoms with van der Waals surface area (Å²) in [7, 11) is 0. The summed E-state index contributed by atoms with van der Waals surface area (Å²) in [6.45, 7) is 4.34. The summed E-state index contributed by atoms with van der Waals surface area (Å²) >= 11 is 0. The van der Waals surface area contributed by atoms with Crippen LogP contribution in [0.25, 0.3) is 127 Å². The van der Waals surface area contributed by atoms with Gasteiger partial charge >= 0.3 is 0 Å². The van der Waals surface area contributed by atoms with Crippen molar-refractivity contribution < 1.29 is 0 Å². The first-order valence-electron chi connectivity index (χ1n) is 24.6. The van der Waals surface area contributed by atoms with Crippen molar-refractivity contribution >= 4 is 65.4 Å². The Kier molecular flexibility index (Phi) is 9.33. The van der Waals surface area contributed by atoms with Gasteiger partial charge < -0.3 is 13.7 Å². The summed E-state index contributed by atoms with van der Waals surface area (Å²) in [6, 6.07) is 91.8. The Labute approximate surface area is 412 Å². The van der Waals surface area contributed by atoms with E-state index in [-0.39, 0.29) is 0 Å². The molecule has 0 N–H and O–H groups in total. The third-order valence-electron chi connectivity index (χ3n) is 14.7. The number of para-hydroxylation sites is 4. The summed E-state index contributed by atoms with van der Waals surface area (Å²) in [6.07, 6.45) is 0. The largest absolute Gasteiger partial charge is 0.309 e. The molecule has 0 saturated carbocycles. The highest BCUT2D eigenvalue weighted by Gasteiger charge is 2.19. The van der Waals surface area contributed by atoms with E-state index in [1.165, 1.54) is 121 Å². The van der Waals surface area contributed by atoms with Crippen LogP contribution in [0.5, 0.6) is 0 Å². The summed E-state index contributed by atoms with van der Waals surface area (Å²) in [5, 5.41) is 7.43. The van der Waals surface area contributed by atoms with Gasteiger partial charge in [0.2, 0.25) is 0 Å². The number of aryl methyl sites for hydroxylation is 2. The fourth-order valence-corrected chi connectivity index (χ4v) is 11.5. The second-order valence-corrected chi connectivity index (χ2v) is 19.1. The molecule has 0 saturated heterocycles.